The summed E-state index contributed by atoms with van der Waals surface area (Å²) in [6, 6.07) is 2.59. The van der Waals surface area contributed by atoms with Gasteiger partial charge in [-0.25, -0.2) is 4.79 Å². The number of hydrogen-bond acceptors (Lipinski definition) is 3. The van der Waals surface area contributed by atoms with Gasteiger partial charge in [-0.3, -0.25) is 0 Å². The Morgan fingerprint density at radius 1 is 1.42 bits per heavy atom. The van der Waals surface area contributed by atoms with Crippen LogP contribution in [0.4, 0.5) is 18.9 Å². The average molecular weight is 275 g/mol. The Kier molecular flexibility index (Phi) is 4.80. The van der Waals surface area contributed by atoms with E-state index in [9.17, 15) is 18.0 Å². The first-order chi connectivity index (χ1) is 8.75. The number of alkyl halides is 3. The van der Waals surface area contributed by atoms with Gasteiger partial charge in [-0.15, -0.1) is 0 Å². The van der Waals surface area contributed by atoms with E-state index in [4.69, 9.17) is 10.5 Å². The summed E-state index contributed by atoms with van der Waals surface area (Å²) in [5.41, 5.74) is 4.30. The smallest absolute Gasteiger partial charge is 0.416 e. The van der Waals surface area contributed by atoms with Crippen LogP contribution in [0.1, 0.15) is 42.6 Å². The van der Waals surface area contributed by atoms with Crippen molar-refractivity contribution in [2.75, 3.05) is 5.73 Å². The van der Waals surface area contributed by atoms with Gasteiger partial charge in [0.25, 0.3) is 0 Å². The third kappa shape index (κ3) is 4.15. The van der Waals surface area contributed by atoms with Crippen molar-refractivity contribution in [3.05, 3.63) is 29.3 Å². The minimum atomic E-state index is -4.48. The summed E-state index contributed by atoms with van der Waals surface area (Å²) >= 11 is 0. The van der Waals surface area contributed by atoms with Crippen LogP contribution >= 0.6 is 0 Å². The van der Waals surface area contributed by atoms with Gasteiger partial charge in [0.15, 0.2) is 0 Å². The molecule has 0 bridgehead atoms. The Morgan fingerprint density at radius 2 is 2.05 bits per heavy atom. The van der Waals surface area contributed by atoms with E-state index in [0.717, 1.165) is 24.6 Å². The third-order valence-corrected chi connectivity index (χ3v) is 2.60. The molecule has 3 nitrogen and oxygen atoms in total. The molecule has 0 saturated heterocycles. The predicted octanol–water partition coefficient (Wildman–Crippen LogP) is 3.63. The molecule has 1 atom stereocenters. The minimum absolute atomic E-state index is 0.0454. The molecule has 0 saturated carbocycles. The van der Waals surface area contributed by atoms with E-state index in [1.54, 1.807) is 6.92 Å². The van der Waals surface area contributed by atoms with E-state index < -0.39 is 17.7 Å². The zero-order chi connectivity index (χ0) is 14.6. The van der Waals surface area contributed by atoms with Gasteiger partial charge in [0.2, 0.25) is 0 Å². The van der Waals surface area contributed by atoms with Crippen LogP contribution in [0.15, 0.2) is 18.2 Å². The Bertz CT molecular complexity index is 458. The van der Waals surface area contributed by atoms with Crippen molar-refractivity contribution in [1.29, 1.82) is 0 Å². The standard InChI is InChI=1S/C13H16F3NO2/c1-3-4-8(2)19-12(18)10-6-5-9(7-11(10)17)13(14,15)16/h5-8H,3-4,17H2,1-2H3. The van der Waals surface area contributed by atoms with Crippen LogP contribution in [0, 0.1) is 0 Å². The maximum absolute atomic E-state index is 12.4. The molecule has 0 fully saturated rings. The number of nitrogen functional groups attached to an aromatic ring is 1. The normalized spacial score (nSPS) is 13.1. The number of benzene rings is 1. The van der Waals surface area contributed by atoms with Crippen LogP contribution in [0.25, 0.3) is 0 Å². The number of hydrogen-bond donors (Lipinski definition) is 1. The lowest BCUT2D eigenvalue weighted by Crippen LogP contribution is -2.16. The van der Waals surface area contributed by atoms with Crippen molar-refractivity contribution in [2.24, 2.45) is 0 Å². The maximum atomic E-state index is 12.4. The zero-order valence-corrected chi connectivity index (χ0v) is 10.8. The molecule has 19 heavy (non-hydrogen) atoms. The number of carbonyl (C=O) groups excluding carboxylic acids is 1. The van der Waals surface area contributed by atoms with Crippen molar-refractivity contribution in [1.82, 2.24) is 0 Å². The summed E-state index contributed by atoms with van der Waals surface area (Å²) in [6.07, 6.45) is -3.24. The van der Waals surface area contributed by atoms with Crippen molar-refractivity contribution in [3.63, 3.8) is 0 Å². The summed E-state index contributed by atoms with van der Waals surface area (Å²) in [6.45, 7) is 3.67. The van der Waals surface area contributed by atoms with Crippen LogP contribution in [0.2, 0.25) is 0 Å². The molecule has 1 rings (SSSR count). The molecule has 2 N–H and O–H groups in total. The van der Waals surface area contributed by atoms with Gasteiger partial charge < -0.3 is 10.5 Å². The molecule has 6 heteroatoms. The summed E-state index contributed by atoms with van der Waals surface area (Å²) in [4.78, 5) is 11.7. The first-order valence-electron chi connectivity index (χ1n) is 5.93. The molecule has 0 aliphatic carbocycles. The second-order valence-electron chi connectivity index (χ2n) is 4.30. The highest BCUT2D eigenvalue weighted by Gasteiger charge is 2.31. The number of anilines is 1. The summed E-state index contributed by atoms with van der Waals surface area (Å²) in [5, 5.41) is 0. The van der Waals surface area contributed by atoms with E-state index >= 15 is 0 Å². The number of esters is 1. The van der Waals surface area contributed by atoms with E-state index in [-0.39, 0.29) is 17.4 Å². The van der Waals surface area contributed by atoms with Crippen molar-refractivity contribution >= 4 is 11.7 Å². The quantitative estimate of drug-likeness (QED) is 0.674. The van der Waals surface area contributed by atoms with Gasteiger partial charge in [-0.2, -0.15) is 13.2 Å². The van der Waals surface area contributed by atoms with Crippen LogP contribution in [0.5, 0.6) is 0 Å². The highest BCUT2D eigenvalue weighted by molar-refractivity contribution is 5.95. The molecule has 0 amide bonds. The summed E-state index contributed by atoms with van der Waals surface area (Å²) in [7, 11) is 0. The second-order valence-corrected chi connectivity index (χ2v) is 4.30. The summed E-state index contributed by atoms with van der Waals surface area (Å²) < 4.78 is 42.4. The van der Waals surface area contributed by atoms with Crippen molar-refractivity contribution < 1.29 is 22.7 Å². The Hall–Kier alpha value is -1.72. The molecule has 0 heterocycles. The first kappa shape index (κ1) is 15.3. The monoisotopic (exact) mass is 275 g/mol. The molecule has 1 aromatic rings. The van der Waals surface area contributed by atoms with E-state index in [1.807, 2.05) is 6.92 Å². The van der Waals surface area contributed by atoms with Crippen LogP contribution in [0.3, 0.4) is 0 Å². The Morgan fingerprint density at radius 3 is 2.53 bits per heavy atom. The number of carbonyl (C=O) groups is 1. The highest BCUT2D eigenvalue weighted by Crippen LogP contribution is 2.31. The molecular formula is C13H16F3NO2. The number of rotatable bonds is 4. The Balaban J connectivity index is 2.88. The van der Waals surface area contributed by atoms with Crippen LogP contribution in [-0.2, 0) is 10.9 Å². The number of nitrogens with two attached hydrogens (primary N) is 1. The fraction of sp³-hybridized carbons (Fsp3) is 0.462. The lowest BCUT2D eigenvalue weighted by Gasteiger charge is -2.14. The molecule has 1 unspecified atom stereocenters. The average Bonchev–Trinajstić information content (AvgIpc) is 2.27. The van der Waals surface area contributed by atoms with Gasteiger partial charge >= 0.3 is 12.1 Å². The second kappa shape index (κ2) is 5.95. The van der Waals surface area contributed by atoms with Crippen LogP contribution in [-0.4, -0.2) is 12.1 Å². The zero-order valence-electron chi connectivity index (χ0n) is 10.8. The fourth-order valence-corrected chi connectivity index (χ4v) is 1.64. The van der Waals surface area contributed by atoms with E-state index in [1.165, 1.54) is 0 Å². The van der Waals surface area contributed by atoms with Crippen molar-refractivity contribution in [2.45, 2.75) is 39.0 Å². The molecular weight excluding hydrogens is 259 g/mol. The highest BCUT2D eigenvalue weighted by atomic mass is 19.4. The predicted molar refractivity (Wildman–Crippen MR) is 65.6 cm³/mol. The van der Waals surface area contributed by atoms with Gasteiger partial charge in [0.05, 0.1) is 17.2 Å². The molecule has 0 aromatic heterocycles. The fourth-order valence-electron chi connectivity index (χ4n) is 1.64. The van der Waals surface area contributed by atoms with Gasteiger partial charge in [0, 0.05) is 5.69 Å². The molecule has 0 spiro atoms. The Labute approximate surface area is 109 Å². The SMILES string of the molecule is CCCC(C)OC(=O)c1ccc(C(F)(F)F)cc1N. The van der Waals surface area contributed by atoms with Crippen molar-refractivity contribution in [3.8, 4) is 0 Å². The number of halogens is 3. The number of ether oxygens (including phenoxy) is 1. The lowest BCUT2D eigenvalue weighted by atomic mass is 10.1. The minimum Gasteiger partial charge on any atom is -0.459 e. The molecule has 0 aliphatic rings. The third-order valence-electron chi connectivity index (χ3n) is 2.60. The van der Waals surface area contributed by atoms with Gasteiger partial charge in [-0.1, -0.05) is 13.3 Å². The maximum Gasteiger partial charge on any atom is 0.416 e. The largest absolute Gasteiger partial charge is 0.459 e. The summed E-state index contributed by atoms with van der Waals surface area (Å²) in [5.74, 6) is -0.702. The van der Waals surface area contributed by atoms with E-state index in [2.05, 4.69) is 0 Å². The van der Waals surface area contributed by atoms with E-state index in [0.29, 0.717) is 6.42 Å². The van der Waals surface area contributed by atoms with Crippen LogP contribution < -0.4 is 5.73 Å². The molecule has 0 radical (unpaired) electrons. The topological polar surface area (TPSA) is 52.3 Å². The van der Waals surface area contributed by atoms with Gasteiger partial charge in [0.1, 0.15) is 0 Å². The lowest BCUT2D eigenvalue weighted by molar-refractivity contribution is -0.137. The molecule has 106 valence electrons. The molecule has 1 aromatic carbocycles. The van der Waals surface area contributed by atoms with Gasteiger partial charge in [-0.05, 0) is 31.5 Å². The first-order valence-corrected chi connectivity index (χ1v) is 5.93. The molecule has 0 aliphatic heterocycles.